The molecule has 0 spiro atoms. The van der Waals surface area contributed by atoms with Crippen LogP contribution in [0.5, 0.6) is 5.75 Å². The lowest BCUT2D eigenvalue weighted by molar-refractivity contribution is -0.120. The average Bonchev–Trinajstić information content (AvgIpc) is 2.28. The molecule has 0 amide bonds. The number of ether oxygens (including phenoxy) is 1. The van der Waals surface area contributed by atoms with Gasteiger partial charge in [0.15, 0.2) is 11.9 Å². The first kappa shape index (κ1) is 13.6. The summed E-state index contributed by atoms with van der Waals surface area (Å²) in [4.78, 5) is 13.5. The van der Waals surface area contributed by atoms with Crippen molar-refractivity contribution in [1.29, 1.82) is 0 Å². The van der Waals surface area contributed by atoms with E-state index < -0.39 is 6.10 Å². The first-order valence-electron chi connectivity index (χ1n) is 5.30. The summed E-state index contributed by atoms with van der Waals surface area (Å²) in [7, 11) is 3.70. The summed E-state index contributed by atoms with van der Waals surface area (Å²) in [6.45, 7) is 1.70. The highest BCUT2D eigenvalue weighted by molar-refractivity contribution is 6.32. The van der Waals surface area contributed by atoms with E-state index in [1.165, 1.54) is 6.08 Å². The number of rotatable bonds is 5. The lowest BCUT2D eigenvalue weighted by atomic mass is 10.2. The van der Waals surface area contributed by atoms with Crippen LogP contribution in [-0.2, 0) is 4.79 Å². The molecule has 0 saturated carbocycles. The molecular weight excluding hydrogens is 238 g/mol. The van der Waals surface area contributed by atoms with Gasteiger partial charge in [0.2, 0.25) is 0 Å². The zero-order chi connectivity index (χ0) is 12.8. The van der Waals surface area contributed by atoms with Crippen molar-refractivity contribution in [2.45, 2.75) is 13.0 Å². The van der Waals surface area contributed by atoms with Gasteiger partial charge in [0, 0.05) is 26.4 Å². The fourth-order valence-electron chi connectivity index (χ4n) is 1.15. The van der Waals surface area contributed by atoms with E-state index in [9.17, 15) is 4.79 Å². The highest BCUT2D eigenvalue weighted by atomic mass is 35.5. The summed E-state index contributed by atoms with van der Waals surface area (Å²) in [6, 6.07) is 7.09. The molecule has 0 bridgehead atoms. The predicted octanol–water partition coefficient (Wildman–Crippen LogP) is 2.75. The van der Waals surface area contributed by atoms with Gasteiger partial charge in [0.1, 0.15) is 5.75 Å². The van der Waals surface area contributed by atoms with Crippen LogP contribution in [0.2, 0.25) is 5.02 Å². The fourth-order valence-corrected chi connectivity index (χ4v) is 1.33. The second-order valence-electron chi connectivity index (χ2n) is 3.87. The van der Waals surface area contributed by atoms with Crippen molar-refractivity contribution >= 4 is 17.4 Å². The van der Waals surface area contributed by atoms with Gasteiger partial charge in [0.05, 0.1) is 5.02 Å². The van der Waals surface area contributed by atoms with E-state index in [2.05, 4.69) is 0 Å². The van der Waals surface area contributed by atoms with Crippen molar-refractivity contribution in [1.82, 2.24) is 4.90 Å². The molecule has 1 rings (SSSR count). The third-order valence-corrected chi connectivity index (χ3v) is 2.39. The molecule has 0 N–H and O–H groups in total. The quantitative estimate of drug-likeness (QED) is 0.756. The maximum absolute atomic E-state index is 11.7. The Hall–Kier alpha value is -1.48. The molecule has 0 unspecified atom stereocenters. The lowest BCUT2D eigenvalue weighted by Crippen LogP contribution is -2.22. The van der Waals surface area contributed by atoms with Crippen molar-refractivity contribution in [3.05, 3.63) is 41.6 Å². The summed E-state index contributed by atoms with van der Waals surface area (Å²) in [5.74, 6) is 0.423. The Balaban J connectivity index is 2.63. The molecule has 0 aliphatic heterocycles. The summed E-state index contributed by atoms with van der Waals surface area (Å²) in [5.41, 5.74) is 0. The Labute approximate surface area is 107 Å². The van der Waals surface area contributed by atoms with Crippen LogP contribution in [-0.4, -0.2) is 30.9 Å². The third kappa shape index (κ3) is 4.49. The fraction of sp³-hybridized carbons (Fsp3) is 0.308. The second-order valence-corrected chi connectivity index (χ2v) is 4.28. The van der Waals surface area contributed by atoms with Crippen LogP contribution in [0.25, 0.3) is 0 Å². The molecule has 1 aromatic rings. The average molecular weight is 254 g/mol. The number of carbonyl (C=O) groups is 1. The van der Waals surface area contributed by atoms with Crippen LogP contribution < -0.4 is 4.74 Å². The molecule has 0 fully saturated rings. The van der Waals surface area contributed by atoms with Crippen LogP contribution in [0.4, 0.5) is 0 Å². The summed E-state index contributed by atoms with van der Waals surface area (Å²) in [5, 5.41) is 0.503. The van der Waals surface area contributed by atoms with Gasteiger partial charge in [-0.25, -0.2) is 0 Å². The minimum Gasteiger partial charge on any atom is -0.481 e. The van der Waals surface area contributed by atoms with Crippen LogP contribution in [0, 0.1) is 0 Å². The molecule has 3 nitrogen and oxygen atoms in total. The largest absolute Gasteiger partial charge is 0.481 e. The van der Waals surface area contributed by atoms with Gasteiger partial charge in [-0.15, -0.1) is 0 Å². The predicted molar refractivity (Wildman–Crippen MR) is 69.4 cm³/mol. The molecule has 0 heterocycles. The van der Waals surface area contributed by atoms with E-state index in [4.69, 9.17) is 16.3 Å². The molecule has 0 radical (unpaired) electrons. The molecule has 0 aliphatic carbocycles. The lowest BCUT2D eigenvalue weighted by Gasteiger charge is -2.13. The van der Waals surface area contributed by atoms with E-state index in [1.54, 1.807) is 30.2 Å². The molecule has 92 valence electrons. The van der Waals surface area contributed by atoms with E-state index in [0.29, 0.717) is 10.8 Å². The summed E-state index contributed by atoms with van der Waals surface area (Å²) >= 11 is 5.94. The molecule has 0 saturated heterocycles. The number of para-hydroxylation sites is 1. The Morgan fingerprint density at radius 3 is 2.65 bits per heavy atom. The van der Waals surface area contributed by atoms with Crippen molar-refractivity contribution in [3.8, 4) is 5.75 Å². The number of benzene rings is 1. The minimum atomic E-state index is -0.550. The van der Waals surface area contributed by atoms with E-state index in [0.717, 1.165) is 0 Å². The van der Waals surface area contributed by atoms with Gasteiger partial charge in [-0.3, -0.25) is 4.79 Å². The van der Waals surface area contributed by atoms with Gasteiger partial charge in [0.25, 0.3) is 0 Å². The summed E-state index contributed by atoms with van der Waals surface area (Å²) < 4.78 is 5.49. The van der Waals surface area contributed by atoms with Crippen LogP contribution in [0.15, 0.2) is 36.5 Å². The summed E-state index contributed by atoms with van der Waals surface area (Å²) in [6.07, 6.45) is 2.63. The van der Waals surface area contributed by atoms with Crippen molar-refractivity contribution in [2.75, 3.05) is 14.1 Å². The standard InChI is InChI=1S/C13H16ClNO2/c1-10(12(16)8-9-15(2)3)17-13-7-5-4-6-11(13)14/h4-10H,1-3H3/b9-8+/t10-/m0/s1. The SMILES string of the molecule is C[C@H](Oc1ccccc1Cl)C(=O)/C=C/N(C)C. The molecule has 1 aromatic carbocycles. The Kier molecular flexibility index (Phi) is 5.04. The molecule has 4 heteroatoms. The monoisotopic (exact) mass is 253 g/mol. The van der Waals surface area contributed by atoms with E-state index in [-0.39, 0.29) is 5.78 Å². The number of carbonyl (C=O) groups excluding carboxylic acids is 1. The Bertz CT molecular complexity index is 416. The number of nitrogens with zero attached hydrogens (tertiary/aromatic N) is 1. The van der Waals surface area contributed by atoms with Gasteiger partial charge < -0.3 is 9.64 Å². The van der Waals surface area contributed by atoms with Gasteiger partial charge in [-0.2, -0.15) is 0 Å². The highest BCUT2D eigenvalue weighted by Gasteiger charge is 2.13. The molecule has 0 aromatic heterocycles. The number of halogens is 1. The minimum absolute atomic E-state index is 0.0985. The van der Waals surface area contributed by atoms with Crippen LogP contribution >= 0.6 is 11.6 Å². The van der Waals surface area contributed by atoms with Gasteiger partial charge in [-0.1, -0.05) is 23.7 Å². The van der Waals surface area contributed by atoms with Crippen molar-refractivity contribution in [2.24, 2.45) is 0 Å². The molecule has 1 atom stereocenters. The third-order valence-electron chi connectivity index (χ3n) is 2.08. The first-order chi connectivity index (χ1) is 8.00. The zero-order valence-electron chi connectivity index (χ0n) is 10.2. The number of ketones is 1. The topological polar surface area (TPSA) is 29.5 Å². The van der Waals surface area contributed by atoms with E-state index in [1.807, 2.05) is 26.2 Å². The number of hydrogen-bond acceptors (Lipinski definition) is 3. The molecule has 17 heavy (non-hydrogen) atoms. The number of hydrogen-bond donors (Lipinski definition) is 0. The van der Waals surface area contributed by atoms with Crippen LogP contribution in [0.1, 0.15) is 6.92 Å². The first-order valence-corrected chi connectivity index (χ1v) is 5.68. The maximum atomic E-state index is 11.7. The highest BCUT2D eigenvalue weighted by Crippen LogP contribution is 2.24. The zero-order valence-corrected chi connectivity index (χ0v) is 10.9. The van der Waals surface area contributed by atoms with Crippen molar-refractivity contribution in [3.63, 3.8) is 0 Å². The van der Waals surface area contributed by atoms with E-state index >= 15 is 0 Å². The second kappa shape index (κ2) is 6.30. The van der Waals surface area contributed by atoms with Gasteiger partial charge in [-0.05, 0) is 19.1 Å². The Morgan fingerprint density at radius 1 is 1.41 bits per heavy atom. The smallest absolute Gasteiger partial charge is 0.197 e. The molecular formula is C13H16ClNO2. The van der Waals surface area contributed by atoms with Gasteiger partial charge >= 0.3 is 0 Å². The molecule has 0 aliphatic rings. The normalized spacial score (nSPS) is 12.5. The maximum Gasteiger partial charge on any atom is 0.197 e. The van der Waals surface area contributed by atoms with Crippen molar-refractivity contribution < 1.29 is 9.53 Å². The Morgan fingerprint density at radius 2 is 2.06 bits per heavy atom. The van der Waals surface area contributed by atoms with Crippen LogP contribution in [0.3, 0.4) is 0 Å².